The van der Waals surface area contributed by atoms with Gasteiger partial charge in [0.25, 0.3) is 0 Å². The number of guanidine groups is 1. The smallest absolute Gasteiger partial charge is 0.198 e. The quantitative estimate of drug-likeness (QED) is 0.455. The van der Waals surface area contributed by atoms with Gasteiger partial charge in [-0.2, -0.15) is 0 Å². The predicted molar refractivity (Wildman–Crippen MR) is 101 cm³/mol. The van der Waals surface area contributed by atoms with E-state index in [0.29, 0.717) is 6.04 Å². The van der Waals surface area contributed by atoms with Crippen molar-refractivity contribution >= 4 is 11.6 Å². The SMILES string of the molecule is CCCN(CC1CC1)C(=NC1CCCCC1)Nc1ccccc1O. The standard InChI is InChI=1S/C20H31N3O/c1-2-14-23(15-16-12-13-16)20(21-17-8-4-3-5-9-17)22-18-10-6-7-11-19(18)24/h6-7,10-11,16-17,24H,2-5,8-9,12-15H2,1H3,(H,21,22). The first-order valence-electron chi connectivity index (χ1n) is 9.64. The fourth-order valence-corrected chi connectivity index (χ4v) is 3.44. The number of para-hydroxylation sites is 2. The van der Waals surface area contributed by atoms with Crippen LogP contribution in [0.1, 0.15) is 58.3 Å². The van der Waals surface area contributed by atoms with Crippen molar-refractivity contribution in [3.8, 4) is 5.75 Å². The molecule has 2 aliphatic carbocycles. The highest BCUT2D eigenvalue weighted by Gasteiger charge is 2.26. The molecule has 2 N–H and O–H groups in total. The lowest BCUT2D eigenvalue weighted by molar-refractivity contribution is 0.385. The monoisotopic (exact) mass is 329 g/mol. The first-order valence-corrected chi connectivity index (χ1v) is 9.64. The summed E-state index contributed by atoms with van der Waals surface area (Å²) in [6.45, 7) is 4.32. The Balaban J connectivity index is 1.80. The number of hydrogen-bond donors (Lipinski definition) is 2. The number of nitrogens with zero attached hydrogens (tertiary/aromatic N) is 2. The molecule has 3 rings (SSSR count). The number of aliphatic imine (C=N–C) groups is 1. The van der Waals surface area contributed by atoms with Crippen molar-refractivity contribution in [1.29, 1.82) is 0 Å². The number of phenols is 1. The van der Waals surface area contributed by atoms with Crippen molar-refractivity contribution in [2.75, 3.05) is 18.4 Å². The summed E-state index contributed by atoms with van der Waals surface area (Å²) in [7, 11) is 0. The molecule has 2 saturated carbocycles. The number of aromatic hydroxyl groups is 1. The van der Waals surface area contributed by atoms with Crippen LogP contribution in [-0.2, 0) is 0 Å². The maximum Gasteiger partial charge on any atom is 0.198 e. The largest absolute Gasteiger partial charge is 0.506 e. The van der Waals surface area contributed by atoms with Gasteiger partial charge in [0.2, 0.25) is 0 Å². The Morgan fingerprint density at radius 2 is 1.92 bits per heavy atom. The molecule has 0 amide bonds. The van der Waals surface area contributed by atoms with E-state index in [1.54, 1.807) is 6.07 Å². The number of hydrogen-bond acceptors (Lipinski definition) is 2. The average Bonchev–Trinajstić information content (AvgIpc) is 3.41. The first kappa shape index (κ1) is 17.1. The highest BCUT2D eigenvalue weighted by molar-refractivity contribution is 5.95. The summed E-state index contributed by atoms with van der Waals surface area (Å²) in [6, 6.07) is 7.88. The molecule has 0 bridgehead atoms. The Morgan fingerprint density at radius 3 is 2.58 bits per heavy atom. The molecule has 0 atom stereocenters. The fourth-order valence-electron chi connectivity index (χ4n) is 3.44. The van der Waals surface area contributed by atoms with Crippen LogP contribution in [-0.4, -0.2) is 35.1 Å². The van der Waals surface area contributed by atoms with Gasteiger partial charge in [0.15, 0.2) is 5.96 Å². The zero-order valence-corrected chi connectivity index (χ0v) is 14.9. The summed E-state index contributed by atoms with van der Waals surface area (Å²) in [5.41, 5.74) is 0.754. The molecule has 4 nitrogen and oxygen atoms in total. The normalized spacial score (nSPS) is 19.3. The van der Waals surface area contributed by atoms with Gasteiger partial charge in [-0.1, -0.05) is 38.3 Å². The molecule has 4 heteroatoms. The van der Waals surface area contributed by atoms with E-state index < -0.39 is 0 Å². The Hall–Kier alpha value is -1.71. The molecular formula is C20H31N3O. The second kappa shape index (κ2) is 8.41. The van der Waals surface area contributed by atoms with Crippen LogP contribution in [0.15, 0.2) is 29.3 Å². The third-order valence-corrected chi connectivity index (χ3v) is 5.00. The van der Waals surface area contributed by atoms with E-state index in [1.807, 2.05) is 18.2 Å². The molecule has 0 saturated heterocycles. The topological polar surface area (TPSA) is 47.9 Å². The zero-order valence-electron chi connectivity index (χ0n) is 14.9. The summed E-state index contributed by atoms with van der Waals surface area (Å²) in [4.78, 5) is 7.49. The second-order valence-corrected chi connectivity index (χ2v) is 7.28. The maximum atomic E-state index is 10.1. The molecular weight excluding hydrogens is 298 g/mol. The summed E-state index contributed by atoms with van der Waals surface area (Å²) < 4.78 is 0. The molecule has 0 unspecified atom stereocenters. The van der Waals surface area contributed by atoms with Crippen molar-refractivity contribution in [2.24, 2.45) is 10.9 Å². The molecule has 0 heterocycles. The number of benzene rings is 1. The predicted octanol–water partition coefficient (Wildman–Crippen LogP) is 4.61. The fraction of sp³-hybridized carbons (Fsp3) is 0.650. The van der Waals surface area contributed by atoms with Crippen LogP contribution in [0.25, 0.3) is 0 Å². The van der Waals surface area contributed by atoms with E-state index in [4.69, 9.17) is 4.99 Å². The van der Waals surface area contributed by atoms with Gasteiger partial charge < -0.3 is 15.3 Å². The maximum absolute atomic E-state index is 10.1. The van der Waals surface area contributed by atoms with Crippen LogP contribution >= 0.6 is 0 Å². The third-order valence-electron chi connectivity index (χ3n) is 5.00. The van der Waals surface area contributed by atoms with Gasteiger partial charge in [-0.25, -0.2) is 4.99 Å². The van der Waals surface area contributed by atoms with Gasteiger partial charge in [-0.3, -0.25) is 0 Å². The molecule has 132 valence electrons. The van der Waals surface area contributed by atoms with Crippen LogP contribution in [0.5, 0.6) is 5.75 Å². The number of nitrogens with one attached hydrogen (secondary N) is 1. The third kappa shape index (κ3) is 4.89. The van der Waals surface area contributed by atoms with Gasteiger partial charge in [-0.15, -0.1) is 0 Å². The number of anilines is 1. The average molecular weight is 329 g/mol. The molecule has 24 heavy (non-hydrogen) atoms. The van der Waals surface area contributed by atoms with Gasteiger partial charge in [0.05, 0.1) is 11.7 Å². The summed E-state index contributed by atoms with van der Waals surface area (Å²) in [5.74, 6) is 2.06. The molecule has 0 spiro atoms. The van der Waals surface area contributed by atoms with E-state index in [0.717, 1.165) is 37.1 Å². The Labute approximate surface area is 146 Å². The molecule has 0 radical (unpaired) electrons. The van der Waals surface area contributed by atoms with Crippen LogP contribution in [0.4, 0.5) is 5.69 Å². The molecule has 2 aliphatic rings. The van der Waals surface area contributed by atoms with E-state index in [2.05, 4.69) is 17.1 Å². The minimum atomic E-state index is 0.289. The van der Waals surface area contributed by atoms with E-state index in [9.17, 15) is 5.11 Å². The van der Waals surface area contributed by atoms with Crippen LogP contribution < -0.4 is 5.32 Å². The highest BCUT2D eigenvalue weighted by atomic mass is 16.3. The van der Waals surface area contributed by atoms with Crippen LogP contribution in [0.3, 0.4) is 0 Å². The van der Waals surface area contributed by atoms with Crippen LogP contribution in [0.2, 0.25) is 0 Å². The van der Waals surface area contributed by atoms with Crippen LogP contribution in [0, 0.1) is 5.92 Å². The molecule has 0 aliphatic heterocycles. The van der Waals surface area contributed by atoms with Crippen molar-refractivity contribution in [3.05, 3.63) is 24.3 Å². The van der Waals surface area contributed by atoms with Crippen molar-refractivity contribution in [2.45, 2.75) is 64.3 Å². The minimum absolute atomic E-state index is 0.289. The first-order chi connectivity index (χ1) is 11.8. The van der Waals surface area contributed by atoms with Gasteiger partial charge >= 0.3 is 0 Å². The van der Waals surface area contributed by atoms with Crippen molar-refractivity contribution < 1.29 is 5.11 Å². The lowest BCUT2D eigenvalue weighted by Crippen LogP contribution is -2.39. The van der Waals surface area contributed by atoms with E-state index in [1.165, 1.54) is 44.9 Å². The summed E-state index contributed by atoms with van der Waals surface area (Å²) >= 11 is 0. The summed E-state index contributed by atoms with van der Waals surface area (Å²) in [5, 5.41) is 13.6. The number of phenolic OH excluding ortho intramolecular Hbond substituents is 1. The molecule has 1 aromatic rings. The van der Waals surface area contributed by atoms with E-state index >= 15 is 0 Å². The molecule has 0 aromatic heterocycles. The lowest BCUT2D eigenvalue weighted by Gasteiger charge is -2.29. The summed E-state index contributed by atoms with van der Waals surface area (Å²) in [6.07, 6.45) is 10.1. The number of rotatable bonds is 6. The molecule has 2 fully saturated rings. The van der Waals surface area contributed by atoms with E-state index in [-0.39, 0.29) is 5.75 Å². The minimum Gasteiger partial charge on any atom is -0.506 e. The van der Waals surface area contributed by atoms with Gasteiger partial charge in [-0.05, 0) is 50.2 Å². The van der Waals surface area contributed by atoms with Gasteiger partial charge in [0, 0.05) is 13.1 Å². The van der Waals surface area contributed by atoms with Crippen molar-refractivity contribution in [1.82, 2.24) is 4.90 Å². The zero-order chi connectivity index (χ0) is 16.8. The van der Waals surface area contributed by atoms with Gasteiger partial charge in [0.1, 0.15) is 5.75 Å². The molecule has 1 aromatic carbocycles. The Morgan fingerprint density at radius 1 is 1.17 bits per heavy atom. The Bertz CT molecular complexity index is 548. The highest BCUT2D eigenvalue weighted by Crippen LogP contribution is 2.31. The Kier molecular flexibility index (Phi) is 6.00. The lowest BCUT2D eigenvalue weighted by atomic mass is 9.96. The van der Waals surface area contributed by atoms with Crippen molar-refractivity contribution in [3.63, 3.8) is 0 Å². The second-order valence-electron chi connectivity index (χ2n) is 7.28.